The predicted molar refractivity (Wildman–Crippen MR) is 77.5 cm³/mol. The molecule has 1 heterocycles. The van der Waals surface area contributed by atoms with Crippen molar-refractivity contribution in [3.63, 3.8) is 0 Å². The van der Waals surface area contributed by atoms with Gasteiger partial charge in [-0.05, 0) is 30.7 Å². The van der Waals surface area contributed by atoms with Gasteiger partial charge in [-0.1, -0.05) is 26.0 Å². The van der Waals surface area contributed by atoms with Crippen LogP contribution in [0.1, 0.15) is 25.5 Å². The van der Waals surface area contributed by atoms with Gasteiger partial charge in [0.15, 0.2) is 0 Å². The summed E-state index contributed by atoms with van der Waals surface area (Å²) >= 11 is 0. The van der Waals surface area contributed by atoms with Crippen molar-refractivity contribution in [3.8, 4) is 0 Å². The molecule has 1 aliphatic rings. The lowest BCUT2D eigenvalue weighted by atomic mass is 9.93. The zero-order chi connectivity index (χ0) is 13.1. The van der Waals surface area contributed by atoms with E-state index in [9.17, 15) is 0 Å². The molecule has 1 saturated heterocycles. The summed E-state index contributed by atoms with van der Waals surface area (Å²) in [5.41, 5.74) is 8.02. The number of benzene rings is 1. The van der Waals surface area contributed by atoms with Gasteiger partial charge in [0.05, 0.1) is 0 Å². The van der Waals surface area contributed by atoms with Crippen molar-refractivity contribution < 1.29 is 0 Å². The molecule has 3 heteroatoms. The molecule has 0 spiro atoms. The SMILES string of the molecule is CC(C)C(c1ccc(N)cc1)N1CCN(C)CC1. The summed E-state index contributed by atoms with van der Waals surface area (Å²) in [6.07, 6.45) is 0. The van der Waals surface area contributed by atoms with Gasteiger partial charge in [0, 0.05) is 37.9 Å². The van der Waals surface area contributed by atoms with Gasteiger partial charge in [-0.25, -0.2) is 0 Å². The zero-order valence-electron chi connectivity index (χ0n) is 11.8. The average Bonchev–Trinajstić information content (AvgIpc) is 2.34. The van der Waals surface area contributed by atoms with Crippen molar-refractivity contribution in [2.75, 3.05) is 39.0 Å². The number of likely N-dealkylation sites (N-methyl/N-ethyl adjacent to an activating group) is 1. The normalized spacial score (nSPS) is 20.2. The fourth-order valence-electron chi connectivity index (χ4n) is 2.81. The van der Waals surface area contributed by atoms with Gasteiger partial charge in [0.25, 0.3) is 0 Å². The van der Waals surface area contributed by atoms with Crippen molar-refractivity contribution in [3.05, 3.63) is 29.8 Å². The molecule has 0 bridgehead atoms. The largest absolute Gasteiger partial charge is 0.399 e. The number of anilines is 1. The van der Waals surface area contributed by atoms with Gasteiger partial charge in [0.2, 0.25) is 0 Å². The smallest absolute Gasteiger partial charge is 0.0372 e. The van der Waals surface area contributed by atoms with Gasteiger partial charge >= 0.3 is 0 Å². The summed E-state index contributed by atoms with van der Waals surface area (Å²) in [7, 11) is 2.20. The Morgan fingerprint density at radius 1 is 1.00 bits per heavy atom. The van der Waals surface area contributed by atoms with Crippen molar-refractivity contribution in [2.45, 2.75) is 19.9 Å². The first-order valence-electron chi connectivity index (χ1n) is 6.86. The van der Waals surface area contributed by atoms with Crippen LogP contribution in [-0.2, 0) is 0 Å². The Hall–Kier alpha value is -1.06. The van der Waals surface area contributed by atoms with E-state index >= 15 is 0 Å². The molecular formula is C15H25N3. The van der Waals surface area contributed by atoms with Crippen LogP contribution in [0, 0.1) is 5.92 Å². The van der Waals surface area contributed by atoms with Gasteiger partial charge in [-0.3, -0.25) is 4.90 Å². The third-order valence-corrected chi connectivity index (χ3v) is 3.84. The van der Waals surface area contributed by atoms with Gasteiger partial charge < -0.3 is 10.6 Å². The van der Waals surface area contributed by atoms with Gasteiger partial charge in [0.1, 0.15) is 0 Å². The zero-order valence-corrected chi connectivity index (χ0v) is 11.8. The molecule has 0 aliphatic carbocycles. The minimum atomic E-state index is 0.513. The molecule has 2 rings (SSSR count). The van der Waals surface area contributed by atoms with E-state index in [0.717, 1.165) is 31.9 Å². The second-order valence-electron chi connectivity index (χ2n) is 5.69. The molecule has 1 aliphatic heterocycles. The summed E-state index contributed by atoms with van der Waals surface area (Å²) in [6, 6.07) is 8.90. The lowest BCUT2D eigenvalue weighted by molar-refractivity contribution is 0.0882. The standard InChI is InChI=1S/C15H25N3/c1-12(2)15(13-4-6-14(16)7-5-13)18-10-8-17(3)9-11-18/h4-7,12,15H,8-11,16H2,1-3H3. The first-order valence-corrected chi connectivity index (χ1v) is 6.86. The number of piperazine rings is 1. The molecule has 0 radical (unpaired) electrons. The highest BCUT2D eigenvalue weighted by atomic mass is 15.3. The topological polar surface area (TPSA) is 32.5 Å². The Labute approximate surface area is 111 Å². The van der Waals surface area contributed by atoms with Crippen molar-refractivity contribution in [1.82, 2.24) is 9.80 Å². The molecule has 0 amide bonds. The van der Waals surface area contributed by atoms with Crippen LogP contribution in [0.5, 0.6) is 0 Å². The molecule has 100 valence electrons. The maximum absolute atomic E-state index is 5.78. The molecule has 2 N–H and O–H groups in total. The van der Waals surface area contributed by atoms with E-state index in [2.05, 4.69) is 42.8 Å². The van der Waals surface area contributed by atoms with Gasteiger partial charge in [-0.15, -0.1) is 0 Å². The average molecular weight is 247 g/mol. The quantitative estimate of drug-likeness (QED) is 0.831. The fraction of sp³-hybridized carbons (Fsp3) is 0.600. The second kappa shape index (κ2) is 5.72. The Morgan fingerprint density at radius 2 is 1.56 bits per heavy atom. The molecular weight excluding hydrogens is 222 g/mol. The number of hydrogen-bond acceptors (Lipinski definition) is 3. The summed E-state index contributed by atoms with van der Waals surface area (Å²) in [6.45, 7) is 9.25. The number of nitrogens with zero attached hydrogens (tertiary/aromatic N) is 2. The van der Waals surface area contributed by atoms with Crippen LogP contribution in [0.15, 0.2) is 24.3 Å². The molecule has 1 aromatic carbocycles. The third kappa shape index (κ3) is 3.03. The molecule has 1 aromatic rings. The molecule has 1 atom stereocenters. The second-order valence-corrected chi connectivity index (χ2v) is 5.69. The van der Waals surface area contributed by atoms with Crippen LogP contribution >= 0.6 is 0 Å². The fourth-order valence-corrected chi connectivity index (χ4v) is 2.81. The summed E-state index contributed by atoms with van der Waals surface area (Å²) < 4.78 is 0. The van der Waals surface area contributed by atoms with E-state index in [4.69, 9.17) is 5.73 Å². The van der Waals surface area contributed by atoms with Crippen LogP contribution in [0.2, 0.25) is 0 Å². The Morgan fingerprint density at radius 3 is 2.06 bits per heavy atom. The molecule has 1 unspecified atom stereocenters. The van der Waals surface area contributed by atoms with Crippen molar-refractivity contribution >= 4 is 5.69 Å². The Kier molecular flexibility index (Phi) is 4.25. The third-order valence-electron chi connectivity index (χ3n) is 3.84. The number of rotatable bonds is 3. The highest BCUT2D eigenvalue weighted by Gasteiger charge is 2.26. The highest BCUT2D eigenvalue weighted by Crippen LogP contribution is 2.29. The lowest BCUT2D eigenvalue weighted by Gasteiger charge is -2.40. The van der Waals surface area contributed by atoms with E-state index in [1.54, 1.807) is 0 Å². The minimum absolute atomic E-state index is 0.513. The Bertz CT molecular complexity index is 364. The number of nitrogen functional groups attached to an aromatic ring is 1. The molecule has 18 heavy (non-hydrogen) atoms. The van der Waals surface area contributed by atoms with E-state index < -0.39 is 0 Å². The van der Waals surface area contributed by atoms with Crippen LogP contribution in [0.3, 0.4) is 0 Å². The molecule has 0 aromatic heterocycles. The maximum Gasteiger partial charge on any atom is 0.0372 e. The highest BCUT2D eigenvalue weighted by molar-refractivity contribution is 5.40. The van der Waals surface area contributed by atoms with Crippen LogP contribution in [-0.4, -0.2) is 43.0 Å². The van der Waals surface area contributed by atoms with E-state index in [1.165, 1.54) is 5.56 Å². The monoisotopic (exact) mass is 247 g/mol. The van der Waals surface area contributed by atoms with E-state index in [0.29, 0.717) is 12.0 Å². The Balaban J connectivity index is 2.15. The predicted octanol–water partition coefficient (Wildman–Crippen LogP) is 2.21. The van der Waals surface area contributed by atoms with Crippen LogP contribution in [0.4, 0.5) is 5.69 Å². The number of hydrogen-bond donors (Lipinski definition) is 1. The summed E-state index contributed by atoms with van der Waals surface area (Å²) in [4.78, 5) is 5.01. The number of nitrogens with two attached hydrogens (primary N) is 1. The van der Waals surface area contributed by atoms with Crippen LogP contribution < -0.4 is 5.73 Å². The van der Waals surface area contributed by atoms with E-state index in [1.807, 2.05) is 12.1 Å². The van der Waals surface area contributed by atoms with E-state index in [-0.39, 0.29) is 0 Å². The lowest BCUT2D eigenvalue weighted by Crippen LogP contribution is -2.47. The first kappa shape index (κ1) is 13.4. The van der Waals surface area contributed by atoms with Crippen LogP contribution in [0.25, 0.3) is 0 Å². The summed E-state index contributed by atoms with van der Waals surface area (Å²) in [5, 5.41) is 0. The van der Waals surface area contributed by atoms with Gasteiger partial charge in [-0.2, -0.15) is 0 Å². The maximum atomic E-state index is 5.78. The minimum Gasteiger partial charge on any atom is -0.399 e. The molecule has 3 nitrogen and oxygen atoms in total. The molecule has 1 fully saturated rings. The van der Waals surface area contributed by atoms with Crippen molar-refractivity contribution in [1.29, 1.82) is 0 Å². The first-order chi connectivity index (χ1) is 8.58. The van der Waals surface area contributed by atoms with Crippen molar-refractivity contribution in [2.24, 2.45) is 5.92 Å². The molecule has 0 saturated carbocycles. The summed E-state index contributed by atoms with van der Waals surface area (Å²) in [5.74, 6) is 0.622.